The van der Waals surface area contributed by atoms with Gasteiger partial charge in [-0.15, -0.1) is 5.10 Å². The van der Waals surface area contributed by atoms with Crippen LogP contribution < -0.4 is 10.1 Å². The Morgan fingerprint density at radius 3 is 2.53 bits per heavy atom. The molecule has 0 spiro atoms. The molecule has 8 heteroatoms. The third-order valence-corrected chi connectivity index (χ3v) is 5.17. The van der Waals surface area contributed by atoms with Crippen LogP contribution in [0, 0.1) is 5.92 Å². The number of carbonyl (C=O) groups is 2. The monoisotopic (exact) mass is 405 g/mol. The van der Waals surface area contributed by atoms with Gasteiger partial charge in [-0.25, -0.2) is 0 Å². The molecule has 0 bridgehead atoms. The molecule has 30 heavy (non-hydrogen) atoms. The predicted octanol–water partition coefficient (Wildman–Crippen LogP) is 3.10. The molecule has 0 aliphatic carbocycles. The van der Waals surface area contributed by atoms with Gasteiger partial charge in [-0.2, -0.15) is 4.98 Å². The van der Waals surface area contributed by atoms with Crippen LogP contribution in [0.25, 0.3) is 11.4 Å². The number of anilines is 1. The minimum absolute atomic E-state index is 0.0871. The van der Waals surface area contributed by atoms with Crippen LogP contribution in [-0.2, 0) is 11.3 Å². The Balaban J connectivity index is 1.54. The summed E-state index contributed by atoms with van der Waals surface area (Å²) in [5.41, 5.74) is 2.31. The summed E-state index contributed by atoms with van der Waals surface area (Å²) in [6.07, 6.45) is 0. The van der Waals surface area contributed by atoms with Crippen LogP contribution in [-0.4, -0.2) is 45.0 Å². The minimum atomic E-state index is -0.641. The Labute approximate surface area is 174 Å². The molecular weight excluding hydrogens is 382 g/mol. The number of ether oxygens (including phenoxy) is 1. The molecule has 0 unspecified atom stereocenters. The number of nitrogens with one attached hydrogen (secondary N) is 2. The summed E-state index contributed by atoms with van der Waals surface area (Å²) in [5.74, 6) is 0.730. The summed E-state index contributed by atoms with van der Waals surface area (Å²) < 4.78 is 5.35. The van der Waals surface area contributed by atoms with Gasteiger partial charge in [0.05, 0.1) is 12.7 Å². The maximum atomic E-state index is 13.1. The quantitative estimate of drug-likeness (QED) is 0.656. The molecule has 1 atom stereocenters. The van der Waals surface area contributed by atoms with Gasteiger partial charge in [0.25, 0.3) is 5.91 Å². The van der Waals surface area contributed by atoms with E-state index in [0.29, 0.717) is 23.7 Å². The molecule has 4 rings (SSSR count). The van der Waals surface area contributed by atoms with E-state index < -0.39 is 6.04 Å². The van der Waals surface area contributed by atoms with Crippen LogP contribution >= 0.6 is 0 Å². The second-order valence-corrected chi connectivity index (χ2v) is 7.48. The third-order valence-electron chi connectivity index (χ3n) is 5.17. The Morgan fingerprint density at radius 2 is 1.83 bits per heavy atom. The van der Waals surface area contributed by atoms with E-state index in [1.165, 1.54) is 0 Å². The Kier molecular flexibility index (Phi) is 5.22. The van der Waals surface area contributed by atoms with Crippen LogP contribution in [0.4, 0.5) is 5.95 Å². The fourth-order valence-electron chi connectivity index (χ4n) is 3.77. The van der Waals surface area contributed by atoms with Crippen LogP contribution in [0.2, 0.25) is 0 Å². The molecule has 3 aromatic rings. The van der Waals surface area contributed by atoms with Gasteiger partial charge < -0.3 is 9.64 Å². The fraction of sp³-hybridized carbons (Fsp3) is 0.273. The number of amides is 2. The lowest BCUT2D eigenvalue weighted by Gasteiger charge is -2.29. The molecule has 2 amide bonds. The normalized spacial score (nSPS) is 14.0. The van der Waals surface area contributed by atoms with Crippen LogP contribution in [0.1, 0.15) is 29.8 Å². The lowest BCUT2D eigenvalue weighted by Crippen LogP contribution is -2.47. The summed E-state index contributed by atoms with van der Waals surface area (Å²) in [5, 5.41) is 9.68. The van der Waals surface area contributed by atoms with E-state index in [1.807, 2.05) is 56.3 Å². The van der Waals surface area contributed by atoms with Crippen molar-refractivity contribution in [1.82, 2.24) is 20.1 Å². The number of hydrogen-bond acceptors (Lipinski definition) is 5. The maximum absolute atomic E-state index is 13.1. The lowest BCUT2D eigenvalue weighted by atomic mass is 10.0. The summed E-state index contributed by atoms with van der Waals surface area (Å²) in [6, 6.07) is 14.2. The molecule has 0 saturated heterocycles. The first kappa shape index (κ1) is 19.6. The number of rotatable bonds is 6. The van der Waals surface area contributed by atoms with E-state index in [2.05, 4.69) is 20.5 Å². The molecule has 2 heterocycles. The van der Waals surface area contributed by atoms with E-state index in [9.17, 15) is 9.59 Å². The summed E-state index contributed by atoms with van der Waals surface area (Å²) in [6.45, 7) is 4.24. The van der Waals surface area contributed by atoms with E-state index in [0.717, 1.165) is 11.1 Å². The number of carbonyl (C=O) groups excluding carboxylic acids is 2. The molecule has 1 aliphatic heterocycles. The number of nitrogens with zero attached hydrogens (tertiary/aromatic N) is 3. The van der Waals surface area contributed by atoms with Crippen LogP contribution in [0.15, 0.2) is 48.5 Å². The number of aromatic amines is 1. The van der Waals surface area contributed by atoms with Gasteiger partial charge in [0.2, 0.25) is 11.9 Å². The van der Waals surface area contributed by atoms with Gasteiger partial charge in [0, 0.05) is 12.1 Å². The van der Waals surface area contributed by atoms with Gasteiger partial charge in [-0.3, -0.25) is 20.0 Å². The zero-order valence-electron chi connectivity index (χ0n) is 17.0. The number of fused-ring (bicyclic) bond motifs is 1. The molecule has 0 fully saturated rings. The summed E-state index contributed by atoms with van der Waals surface area (Å²) in [7, 11) is 1.58. The maximum Gasteiger partial charge on any atom is 0.255 e. The van der Waals surface area contributed by atoms with Crippen molar-refractivity contribution in [2.45, 2.75) is 26.4 Å². The number of hydrogen-bond donors (Lipinski definition) is 2. The Bertz CT molecular complexity index is 1090. The zero-order chi connectivity index (χ0) is 21.3. The van der Waals surface area contributed by atoms with E-state index in [-0.39, 0.29) is 23.7 Å². The van der Waals surface area contributed by atoms with Crippen LogP contribution in [0.3, 0.4) is 0 Å². The van der Waals surface area contributed by atoms with Crippen molar-refractivity contribution < 1.29 is 14.3 Å². The first-order chi connectivity index (χ1) is 14.5. The summed E-state index contributed by atoms with van der Waals surface area (Å²) in [4.78, 5) is 31.9. The number of para-hydroxylation sites is 1. The van der Waals surface area contributed by atoms with Crippen molar-refractivity contribution in [3.63, 3.8) is 0 Å². The third kappa shape index (κ3) is 3.52. The highest BCUT2D eigenvalue weighted by atomic mass is 16.5. The first-order valence-electron chi connectivity index (χ1n) is 9.75. The van der Waals surface area contributed by atoms with Crippen molar-refractivity contribution in [2.75, 3.05) is 12.4 Å². The SMILES string of the molecule is COc1ccccc1-c1nc(NC(=O)[C@@H](C(C)C)N2Cc3ccccc3C2=O)n[nH]1. The average molecular weight is 405 g/mol. The molecule has 0 saturated carbocycles. The molecule has 1 aliphatic rings. The highest BCUT2D eigenvalue weighted by Gasteiger charge is 2.38. The summed E-state index contributed by atoms with van der Waals surface area (Å²) >= 11 is 0. The highest BCUT2D eigenvalue weighted by molar-refractivity contribution is 6.03. The Hall–Kier alpha value is -3.68. The number of methoxy groups -OCH3 is 1. The second-order valence-electron chi connectivity index (χ2n) is 7.48. The van der Waals surface area contributed by atoms with Crippen molar-refractivity contribution >= 4 is 17.8 Å². The minimum Gasteiger partial charge on any atom is -0.496 e. The topological polar surface area (TPSA) is 100 Å². The van der Waals surface area contributed by atoms with Gasteiger partial charge in [0.1, 0.15) is 11.8 Å². The molecule has 154 valence electrons. The van der Waals surface area contributed by atoms with E-state index in [4.69, 9.17) is 4.74 Å². The molecule has 1 aromatic heterocycles. The molecule has 8 nitrogen and oxygen atoms in total. The molecular formula is C22H23N5O3. The smallest absolute Gasteiger partial charge is 0.255 e. The lowest BCUT2D eigenvalue weighted by molar-refractivity contribution is -0.122. The van der Waals surface area contributed by atoms with Gasteiger partial charge in [-0.05, 0) is 29.7 Å². The van der Waals surface area contributed by atoms with E-state index in [1.54, 1.807) is 18.1 Å². The average Bonchev–Trinajstić information content (AvgIpc) is 3.33. The highest BCUT2D eigenvalue weighted by Crippen LogP contribution is 2.29. The number of aromatic nitrogens is 3. The van der Waals surface area contributed by atoms with Crippen molar-refractivity contribution in [3.05, 3.63) is 59.7 Å². The zero-order valence-corrected chi connectivity index (χ0v) is 17.0. The van der Waals surface area contributed by atoms with Crippen molar-refractivity contribution in [1.29, 1.82) is 0 Å². The van der Waals surface area contributed by atoms with Gasteiger partial charge in [-0.1, -0.05) is 44.2 Å². The molecule has 2 aromatic carbocycles. The molecule has 2 N–H and O–H groups in total. The largest absolute Gasteiger partial charge is 0.496 e. The fourth-order valence-corrected chi connectivity index (χ4v) is 3.77. The van der Waals surface area contributed by atoms with E-state index >= 15 is 0 Å². The first-order valence-corrected chi connectivity index (χ1v) is 9.75. The van der Waals surface area contributed by atoms with Crippen molar-refractivity contribution in [2.24, 2.45) is 5.92 Å². The van der Waals surface area contributed by atoms with Crippen molar-refractivity contribution in [3.8, 4) is 17.1 Å². The predicted molar refractivity (Wildman–Crippen MR) is 112 cm³/mol. The van der Waals surface area contributed by atoms with Gasteiger partial charge in [0.15, 0.2) is 5.82 Å². The number of H-pyrrole nitrogens is 1. The second kappa shape index (κ2) is 7.98. The standard InChI is InChI=1S/C22H23N5O3/c1-13(2)18(27-12-14-8-4-5-9-15(14)21(27)29)20(28)24-22-23-19(25-26-22)16-10-6-7-11-17(16)30-3/h4-11,13,18H,12H2,1-3H3,(H2,23,24,25,26,28)/t18-/m1/s1. The number of benzene rings is 2. The van der Waals surface area contributed by atoms with Gasteiger partial charge >= 0.3 is 0 Å². The Morgan fingerprint density at radius 1 is 1.13 bits per heavy atom. The molecule has 0 radical (unpaired) electrons. The van der Waals surface area contributed by atoms with Crippen LogP contribution in [0.5, 0.6) is 5.75 Å².